The van der Waals surface area contributed by atoms with E-state index in [1.807, 2.05) is 18.2 Å². The van der Waals surface area contributed by atoms with E-state index < -0.39 is 0 Å². The summed E-state index contributed by atoms with van der Waals surface area (Å²) in [6.45, 7) is 0.728. The van der Waals surface area contributed by atoms with Gasteiger partial charge in [-0.2, -0.15) is 0 Å². The minimum Gasteiger partial charge on any atom is -0.365 e. The number of hydrogen-bond donors (Lipinski definition) is 1. The van der Waals surface area contributed by atoms with E-state index in [1.165, 1.54) is 4.57 Å². The van der Waals surface area contributed by atoms with Crippen LogP contribution in [0.2, 0.25) is 0 Å². The van der Waals surface area contributed by atoms with Crippen molar-refractivity contribution in [1.82, 2.24) is 14.5 Å². The second-order valence-electron chi connectivity index (χ2n) is 3.99. The lowest BCUT2D eigenvalue weighted by Crippen LogP contribution is -2.22. The van der Waals surface area contributed by atoms with Crippen LogP contribution in [0.3, 0.4) is 0 Å². The first-order chi connectivity index (χ1) is 9.27. The average molecular weight is 276 g/mol. The highest BCUT2D eigenvalue weighted by molar-refractivity contribution is 7.99. The molecule has 0 aliphatic rings. The minimum atomic E-state index is -0.0973. The summed E-state index contributed by atoms with van der Waals surface area (Å²) in [5, 5.41) is 4.09. The van der Waals surface area contributed by atoms with Gasteiger partial charge in [0.2, 0.25) is 0 Å². The number of rotatable bonds is 6. The van der Waals surface area contributed by atoms with Gasteiger partial charge in [-0.25, -0.2) is 9.97 Å². The molecular formula is C13H16N4OS. The largest absolute Gasteiger partial charge is 0.365 e. The van der Waals surface area contributed by atoms with Gasteiger partial charge in [0.05, 0.1) is 5.03 Å². The molecule has 0 saturated carbocycles. The van der Waals surface area contributed by atoms with E-state index in [0.29, 0.717) is 5.82 Å². The maximum absolute atomic E-state index is 11.7. The summed E-state index contributed by atoms with van der Waals surface area (Å²) in [7, 11) is 1.71. The molecule has 0 spiro atoms. The smallest absolute Gasteiger partial charge is 0.293 e. The molecule has 0 aromatic carbocycles. The van der Waals surface area contributed by atoms with Crippen LogP contribution >= 0.6 is 11.8 Å². The predicted molar refractivity (Wildman–Crippen MR) is 77.5 cm³/mol. The second-order valence-corrected chi connectivity index (χ2v) is 5.10. The molecule has 2 aromatic heterocycles. The Labute approximate surface area is 116 Å². The van der Waals surface area contributed by atoms with Crippen molar-refractivity contribution in [3.8, 4) is 0 Å². The lowest BCUT2D eigenvalue weighted by molar-refractivity contribution is 0.836. The topological polar surface area (TPSA) is 59.8 Å². The van der Waals surface area contributed by atoms with Crippen molar-refractivity contribution in [3.05, 3.63) is 47.1 Å². The average Bonchev–Trinajstić information content (AvgIpc) is 2.44. The SMILES string of the molecule is Cn1ccnc(NCCCSc2ccccn2)c1=O. The van der Waals surface area contributed by atoms with E-state index in [1.54, 1.807) is 37.4 Å². The summed E-state index contributed by atoms with van der Waals surface area (Å²) >= 11 is 1.71. The molecule has 2 aromatic rings. The normalized spacial score (nSPS) is 10.4. The first-order valence-electron chi connectivity index (χ1n) is 6.07. The van der Waals surface area contributed by atoms with E-state index in [0.717, 1.165) is 23.7 Å². The van der Waals surface area contributed by atoms with Gasteiger partial charge < -0.3 is 9.88 Å². The lowest BCUT2D eigenvalue weighted by Gasteiger charge is -2.05. The van der Waals surface area contributed by atoms with Crippen molar-refractivity contribution in [1.29, 1.82) is 0 Å². The van der Waals surface area contributed by atoms with Gasteiger partial charge in [-0.1, -0.05) is 6.07 Å². The van der Waals surface area contributed by atoms with Gasteiger partial charge in [0.25, 0.3) is 5.56 Å². The third kappa shape index (κ3) is 4.10. The van der Waals surface area contributed by atoms with E-state index in [2.05, 4.69) is 15.3 Å². The van der Waals surface area contributed by atoms with Crippen molar-refractivity contribution >= 4 is 17.6 Å². The number of pyridine rings is 1. The summed E-state index contributed by atoms with van der Waals surface area (Å²) in [6.07, 6.45) is 6.00. The Morgan fingerprint density at radius 1 is 1.32 bits per heavy atom. The molecule has 2 heterocycles. The van der Waals surface area contributed by atoms with Crippen LogP contribution in [-0.4, -0.2) is 26.8 Å². The van der Waals surface area contributed by atoms with Crippen LogP contribution in [0, 0.1) is 0 Å². The van der Waals surface area contributed by atoms with Gasteiger partial charge in [0, 0.05) is 37.9 Å². The Morgan fingerprint density at radius 3 is 3.00 bits per heavy atom. The Morgan fingerprint density at radius 2 is 2.21 bits per heavy atom. The Kier molecular flexibility index (Phi) is 4.97. The summed E-state index contributed by atoms with van der Waals surface area (Å²) in [6, 6.07) is 5.88. The molecule has 0 radical (unpaired) electrons. The van der Waals surface area contributed by atoms with Crippen LogP contribution in [0.5, 0.6) is 0 Å². The number of anilines is 1. The molecule has 0 atom stereocenters. The first kappa shape index (κ1) is 13.6. The van der Waals surface area contributed by atoms with Crippen LogP contribution in [0.15, 0.2) is 46.6 Å². The Bertz CT molecular complexity index is 570. The van der Waals surface area contributed by atoms with Gasteiger partial charge in [-0.15, -0.1) is 11.8 Å². The zero-order chi connectivity index (χ0) is 13.5. The molecule has 6 heteroatoms. The zero-order valence-electron chi connectivity index (χ0n) is 10.7. The monoisotopic (exact) mass is 276 g/mol. The predicted octanol–water partition coefficient (Wildman–Crippen LogP) is 1.77. The molecule has 0 aliphatic heterocycles. The minimum absolute atomic E-state index is 0.0973. The summed E-state index contributed by atoms with van der Waals surface area (Å²) in [4.78, 5) is 19.9. The van der Waals surface area contributed by atoms with E-state index in [-0.39, 0.29) is 5.56 Å². The number of aromatic nitrogens is 3. The second kappa shape index (κ2) is 6.94. The van der Waals surface area contributed by atoms with Crippen molar-refractivity contribution in [2.45, 2.75) is 11.4 Å². The standard InChI is InChI=1S/C13H16N4OS/c1-17-9-8-16-12(13(17)18)15-7-4-10-19-11-5-2-3-6-14-11/h2-3,5-6,8-9H,4,7,10H2,1H3,(H,15,16). The molecule has 0 unspecified atom stereocenters. The number of nitrogens with one attached hydrogen (secondary N) is 1. The summed E-state index contributed by atoms with van der Waals surface area (Å²) in [5.41, 5.74) is -0.0973. The van der Waals surface area contributed by atoms with Crippen molar-refractivity contribution in [2.75, 3.05) is 17.6 Å². The fourth-order valence-corrected chi connectivity index (χ4v) is 2.32. The molecule has 0 saturated heterocycles. The van der Waals surface area contributed by atoms with Crippen LogP contribution in [0.4, 0.5) is 5.82 Å². The number of thioether (sulfide) groups is 1. The van der Waals surface area contributed by atoms with Gasteiger partial charge in [-0.05, 0) is 18.6 Å². The van der Waals surface area contributed by atoms with Gasteiger partial charge >= 0.3 is 0 Å². The third-order valence-electron chi connectivity index (χ3n) is 2.52. The molecule has 100 valence electrons. The highest BCUT2D eigenvalue weighted by Gasteiger charge is 2.01. The van der Waals surface area contributed by atoms with Crippen LogP contribution < -0.4 is 10.9 Å². The maximum Gasteiger partial charge on any atom is 0.293 e. The highest BCUT2D eigenvalue weighted by atomic mass is 32.2. The molecular weight excluding hydrogens is 260 g/mol. The molecule has 5 nitrogen and oxygen atoms in total. The molecule has 0 amide bonds. The Hall–Kier alpha value is -1.82. The summed E-state index contributed by atoms with van der Waals surface area (Å²) < 4.78 is 1.51. The quantitative estimate of drug-likeness (QED) is 0.643. The summed E-state index contributed by atoms with van der Waals surface area (Å²) in [5.74, 6) is 1.37. The van der Waals surface area contributed by atoms with E-state index in [9.17, 15) is 4.79 Å². The highest BCUT2D eigenvalue weighted by Crippen LogP contribution is 2.14. The molecule has 0 aliphatic carbocycles. The van der Waals surface area contributed by atoms with Gasteiger partial charge in [-0.3, -0.25) is 4.79 Å². The fourth-order valence-electron chi connectivity index (χ4n) is 1.51. The van der Waals surface area contributed by atoms with Crippen molar-refractivity contribution < 1.29 is 0 Å². The Balaban J connectivity index is 1.73. The van der Waals surface area contributed by atoms with Gasteiger partial charge in [0.1, 0.15) is 0 Å². The molecule has 1 N–H and O–H groups in total. The van der Waals surface area contributed by atoms with Crippen LogP contribution in [0.1, 0.15) is 6.42 Å². The van der Waals surface area contributed by atoms with Crippen LogP contribution in [-0.2, 0) is 7.05 Å². The lowest BCUT2D eigenvalue weighted by atomic mass is 10.4. The van der Waals surface area contributed by atoms with E-state index in [4.69, 9.17) is 0 Å². The molecule has 0 fully saturated rings. The molecule has 0 bridgehead atoms. The number of hydrogen-bond acceptors (Lipinski definition) is 5. The number of aryl methyl sites for hydroxylation is 1. The van der Waals surface area contributed by atoms with Crippen molar-refractivity contribution in [3.63, 3.8) is 0 Å². The molecule has 2 rings (SSSR count). The van der Waals surface area contributed by atoms with E-state index >= 15 is 0 Å². The number of nitrogens with zero attached hydrogens (tertiary/aromatic N) is 3. The maximum atomic E-state index is 11.7. The first-order valence-corrected chi connectivity index (χ1v) is 7.05. The zero-order valence-corrected chi connectivity index (χ0v) is 11.6. The molecule has 19 heavy (non-hydrogen) atoms. The van der Waals surface area contributed by atoms with Crippen molar-refractivity contribution in [2.24, 2.45) is 7.05 Å². The fraction of sp³-hybridized carbons (Fsp3) is 0.308. The van der Waals surface area contributed by atoms with Gasteiger partial charge in [0.15, 0.2) is 5.82 Å². The third-order valence-corrected chi connectivity index (χ3v) is 3.55. The van der Waals surface area contributed by atoms with Crippen LogP contribution in [0.25, 0.3) is 0 Å².